The topological polar surface area (TPSA) is 47.3 Å². The van der Waals surface area contributed by atoms with E-state index in [9.17, 15) is 4.39 Å². The number of nitrogens with one attached hydrogen (secondary N) is 1. The average molecular weight is 266 g/mol. The highest BCUT2D eigenvalue weighted by atomic mass is 32.1. The van der Waals surface area contributed by atoms with Gasteiger partial charge in [0.05, 0.1) is 13.2 Å². The van der Waals surface area contributed by atoms with Crippen LogP contribution in [0.3, 0.4) is 0 Å². The molecule has 0 aliphatic rings. The van der Waals surface area contributed by atoms with Crippen molar-refractivity contribution in [3.63, 3.8) is 0 Å². The van der Waals surface area contributed by atoms with E-state index in [0.717, 1.165) is 16.2 Å². The summed E-state index contributed by atoms with van der Waals surface area (Å²) in [7, 11) is 1.61. The Hall–Kier alpha value is -1.43. The molecule has 0 fully saturated rings. The maximum Gasteiger partial charge on any atom is 0.129 e. The maximum atomic E-state index is 13.6. The quantitative estimate of drug-likeness (QED) is 0.661. The number of benzene rings is 1. The summed E-state index contributed by atoms with van der Waals surface area (Å²) in [4.78, 5) is 0.984. The van der Waals surface area contributed by atoms with Gasteiger partial charge in [0.1, 0.15) is 11.6 Å². The molecule has 5 heteroatoms. The molecule has 3 N–H and O–H groups in total. The summed E-state index contributed by atoms with van der Waals surface area (Å²) in [5.74, 6) is 6.12. The minimum atomic E-state index is -0.228. The largest absolute Gasteiger partial charge is 0.496 e. The number of thiophene rings is 1. The fraction of sp³-hybridized carbons (Fsp3) is 0.231. The summed E-state index contributed by atoms with van der Waals surface area (Å²) >= 11 is 1.52. The molecule has 0 radical (unpaired) electrons. The maximum absolute atomic E-state index is 13.6. The zero-order chi connectivity index (χ0) is 13.1. The predicted molar refractivity (Wildman–Crippen MR) is 71.2 cm³/mol. The van der Waals surface area contributed by atoms with Crippen LogP contribution in [0.1, 0.15) is 22.0 Å². The van der Waals surface area contributed by atoms with E-state index in [2.05, 4.69) is 5.43 Å². The van der Waals surface area contributed by atoms with Crippen molar-refractivity contribution in [2.45, 2.75) is 13.0 Å². The van der Waals surface area contributed by atoms with Gasteiger partial charge in [0.25, 0.3) is 0 Å². The third kappa shape index (κ3) is 2.53. The van der Waals surface area contributed by atoms with Crippen LogP contribution in [0.2, 0.25) is 0 Å². The molecule has 0 saturated heterocycles. The van der Waals surface area contributed by atoms with Crippen molar-refractivity contribution in [1.29, 1.82) is 0 Å². The number of halogens is 1. The van der Waals surface area contributed by atoms with Crippen LogP contribution >= 0.6 is 11.3 Å². The Morgan fingerprint density at radius 2 is 2.17 bits per heavy atom. The summed E-state index contributed by atoms with van der Waals surface area (Å²) in [5, 5.41) is 1.89. The number of hydrogen-bond acceptors (Lipinski definition) is 4. The molecule has 0 amide bonds. The van der Waals surface area contributed by atoms with Crippen LogP contribution in [0.25, 0.3) is 0 Å². The normalized spacial score (nSPS) is 12.4. The average Bonchev–Trinajstić information content (AvgIpc) is 2.83. The summed E-state index contributed by atoms with van der Waals surface area (Å²) in [5.41, 5.74) is 4.13. The van der Waals surface area contributed by atoms with Crippen LogP contribution in [-0.4, -0.2) is 7.11 Å². The van der Waals surface area contributed by atoms with Crippen LogP contribution in [0.5, 0.6) is 5.75 Å². The van der Waals surface area contributed by atoms with Crippen LogP contribution in [0, 0.1) is 12.7 Å². The molecule has 0 bridgehead atoms. The highest BCUT2D eigenvalue weighted by Gasteiger charge is 2.16. The molecule has 1 aromatic carbocycles. The van der Waals surface area contributed by atoms with E-state index in [0.29, 0.717) is 5.56 Å². The van der Waals surface area contributed by atoms with Crippen molar-refractivity contribution in [3.8, 4) is 5.75 Å². The number of methoxy groups -OCH3 is 1. The van der Waals surface area contributed by atoms with Gasteiger partial charge in [0, 0.05) is 10.3 Å². The molecule has 1 aromatic heterocycles. The fourth-order valence-electron chi connectivity index (χ4n) is 1.72. The zero-order valence-electron chi connectivity index (χ0n) is 10.2. The molecular formula is C13H15FN2OS. The number of aryl methyl sites for hydroxylation is 1. The lowest BCUT2D eigenvalue weighted by atomic mass is 10.0. The van der Waals surface area contributed by atoms with Gasteiger partial charge in [-0.1, -0.05) is 12.1 Å². The highest BCUT2D eigenvalue weighted by Crippen LogP contribution is 2.31. The van der Waals surface area contributed by atoms with Crippen LogP contribution in [0.15, 0.2) is 29.6 Å². The lowest BCUT2D eigenvalue weighted by molar-refractivity contribution is 0.416. The van der Waals surface area contributed by atoms with E-state index in [1.165, 1.54) is 17.4 Å². The molecule has 18 heavy (non-hydrogen) atoms. The number of ether oxygens (including phenoxy) is 1. The van der Waals surface area contributed by atoms with E-state index in [4.69, 9.17) is 10.6 Å². The summed E-state index contributed by atoms with van der Waals surface area (Å²) in [6, 6.07) is 6.79. The molecule has 1 heterocycles. The van der Waals surface area contributed by atoms with Gasteiger partial charge < -0.3 is 4.74 Å². The van der Waals surface area contributed by atoms with Gasteiger partial charge in [-0.3, -0.25) is 5.84 Å². The number of rotatable bonds is 4. The molecule has 0 saturated carbocycles. The third-order valence-corrected chi connectivity index (χ3v) is 3.79. The van der Waals surface area contributed by atoms with Crippen LogP contribution in [0.4, 0.5) is 4.39 Å². The van der Waals surface area contributed by atoms with Crippen molar-refractivity contribution in [2.24, 2.45) is 5.84 Å². The molecule has 96 valence electrons. The Labute approximate surface area is 109 Å². The molecule has 2 aromatic rings. The molecular weight excluding hydrogens is 251 g/mol. The first-order valence-electron chi connectivity index (χ1n) is 5.50. The van der Waals surface area contributed by atoms with Gasteiger partial charge in [-0.25, -0.2) is 9.82 Å². The van der Waals surface area contributed by atoms with Crippen molar-refractivity contribution < 1.29 is 9.13 Å². The van der Waals surface area contributed by atoms with Gasteiger partial charge in [-0.15, -0.1) is 11.3 Å². The first-order chi connectivity index (χ1) is 8.65. The molecule has 1 unspecified atom stereocenters. The SMILES string of the molecule is COc1csc(C(NN)c2ccc(C)c(F)c2)c1. The smallest absolute Gasteiger partial charge is 0.129 e. The number of hydrazine groups is 1. The predicted octanol–water partition coefficient (Wildman–Crippen LogP) is 2.76. The van der Waals surface area contributed by atoms with Gasteiger partial charge in [0.15, 0.2) is 0 Å². The third-order valence-electron chi connectivity index (χ3n) is 2.81. The monoisotopic (exact) mass is 266 g/mol. The Balaban J connectivity index is 2.35. The van der Waals surface area contributed by atoms with Crippen molar-refractivity contribution in [3.05, 3.63) is 51.5 Å². The molecule has 0 spiro atoms. The minimum Gasteiger partial charge on any atom is -0.496 e. The van der Waals surface area contributed by atoms with Crippen LogP contribution < -0.4 is 16.0 Å². The Kier molecular flexibility index (Phi) is 3.96. The fourth-order valence-corrected chi connectivity index (χ4v) is 2.66. The Morgan fingerprint density at radius 1 is 1.39 bits per heavy atom. The molecule has 2 rings (SSSR count). The van der Waals surface area contributed by atoms with E-state index >= 15 is 0 Å². The van der Waals surface area contributed by atoms with E-state index in [1.54, 1.807) is 20.1 Å². The summed E-state index contributed by atoms with van der Waals surface area (Å²) in [6.45, 7) is 1.73. The summed E-state index contributed by atoms with van der Waals surface area (Å²) in [6.07, 6.45) is 0. The van der Waals surface area contributed by atoms with E-state index in [-0.39, 0.29) is 11.9 Å². The highest BCUT2D eigenvalue weighted by molar-refractivity contribution is 7.10. The second-order valence-corrected chi connectivity index (χ2v) is 4.94. The van der Waals surface area contributed by atoms with E-state index in [1.807, 2.05) is 17.5 Å². The van der Waals surface area contributed by atoms with Crippen molar-refractivity contribution in [2.75, 3.05) is 7.11 Å². The molecule has 0 aliphatic carbocycles. The second kappa shape index (κ2) is 5.48. The van der Waals surface area contributed by atoms with Crippen molar-refractivity contribution in [1.82, 2.24) is 5.43 Å². The van der Waals surface area contributed by atoms with Gasteiger partial charge in [-0.05, 0) is 30.2 Å². The van der Waals surface area contributed by atoms with Crippen molar-refractivity contribution >= 4 is 11.3 Å². The lowest BCUT2D eigenvalue weighted by Gasteiger charge is -2.15. The van der Waals surface area contributed by atoms with E-state index < -0.39 is 0 Å². The van der Waals surface area contributed by atoms with Gasteiger partial charge in [-0.2, -0.15) is 0 Å². The first kappa shape index (κ1) is 13.0. The second-order valence-electron chi connectivity index (χ2n) is 4.00. The molecule has 0 aliphatic heterocycles. The van der Waals surface area contributed by atoms with Gasteiger partial charge >= 0.3 is 0 Å². The lowest BCUT2D eigenvalue weighted by Crippen LogP contribution is -2.28. The minimum absolute atomic E-state index is 0.226. The standard InChI is InChI=1S/C13H15FN2OS/c1-8-3-4-9(5-11(8)14)13(16-15)12-6-10(17-2)7-18-12/h3-7,13,16H,15H2,1-2H3. The number of nitrogens with two attached hydrogens (primary N) is 1. The Morgan fingerprint density at radius 3 is 2.72 bits per heavy atom. The first-order valence-corrected chi connectivity index (χ1v) is 6.38. The van der Waals surface area contributed by atoms with Crippen LogP contribution in [-0.2, 0) is 0 Å². The summed E-state index contributed by atoms with van der Waals surface area (Å²) < 4.78 is 18.7. The zero-order valence-corrected chi connectivity index (χ0v) is 11.1. The Bertz CT molecular complexity index is 542. The van der Waals surface area contributed by atoms with Gasteiger partial charge in [0.2, 0.25) is 0 Å². The number of hydrogen-bond donors (Lipinski definition) is 2. The molecule has 1 atom stereocenters. The molecule has 3 nitrogen and oxygen atoms in total.